The van der Waals surface area contributed by atoms with Crippen molar-refractivity contribution < 1.29 is 9.18 Å². The second kappa shape index (κ2) is 7.24. The van der Waals surface area contributed by atoms with E-state index in [1.54, 1.807) is 12.1 Å². The summed E-state index contributed by atoms with van der Waals surface area (Å²) in [6.07, 6.45) is 2.65. The van der Waals surface area contributed by atoms with Crippen LogP contribution in [0, 0.1) is 5.82 Å². The molecule has 3 nitrogen and oxygen atoms in total. The van der Waals surface area contributed by atoms with Gasteiger partial charge in [-0.25, -0.2) is 4.39 Å². The predicted molar refractivity (Wildman–Crippen MR) is 75.2 cm³/mol. The molecule has 1 amide bonds. The maximum Gasteiger partial charge on any atom is 0.220 e. The predicted octanol–water partition coefficient (Wildman–Crippen LogP) is 2.39. The van der Waals surface area contributed by atoms with Crippen LogP contribution in [0.25, 0.3) is 0 Å². The highest BCUT2D eigenvalue weighted by Crippen LogP contribution is 2.14. The third kappa shape index (κ3) is 4.63. The fraction of sp³-hybridized carbons (Fsp3) is 0.533. The van der Waals surface area contributed by atoms with Crippen molar-refractivity contribution >= 4 is 5.91 Å². The first-order valence-electron chi connectivity index (χ1n) is 6.80. The summed E-state index contributed by atoms with van der Waals surface area (Å²) in [4.78, 5) is 11.9. The van der Waals surface area contributed by atoms with E-state index in [4.69, 9.17) is 5.73 Å². The topological polar surface area (TPSA) is 55.1 Å². The minimum absolute atomic E-state index is 0.00141. The summed E-state index contributed by atoms with van der Waals surface area (Å²) in [5, 5.41) is 3.02. The summed E-state index contributed by atoms with van der Waals surface area (Å²) < 4.78 is 12.8. The number of hydrogen-bond donors (Lipinski definition) is 2. The average molecular weight is 266 g/mol. The van der Waals surface area contributed by atoms with Crippen LogP contribution in [-0.2, 0) is 11.2 Å². The Bertz CT molecular complexity index is 391. The van der Waals surface area contributed by atoms with Gasteiger partial charge in [-0.15, -0.1) is 0 Å². The summed E-state index contributed by atoms with van der Waals surface area (Å²) in [5.41, 5.74) is 6.41. The van der Waals surface area contributed by atoms with Crippen molar-refractivity contribution in [3.05, 3.63) is 35.6 Å². The van der Waals surface area contributed by atoms with Gasteiger partial charge in [0.2, 0.25) is 5.91 Å². The molecule has 1 rings (SSSR count). The van der Waals surface area contributed by atoms with Gasteiger partial charge in [-0.1, -0.05) is 26.0 Å². The third-order valence-electron chi connectivity index (χ3n) is 3.70. The molecule has 3 N–H and O–H groups in total. The van der Waals surface area contributed by atoms with Crippen molar-refractivity contribution in [3.8, 4) is 0 Å². The zero-order valence-electron chi connectivity index (χ0n) is 11.7. The van der Waals surface area contributed by atoms with Crippen molar-refractivity contribution in [2.45, 2.75) is 45.1 Å². The molecule has 106 valence electrons. The Morgan fingerprint density at radius 2 is 1.84 bits per heavy atom. The fourth-order valence-corrected chi connectivity index (χ4v) is 2.03. The molecule has 0 aliphatic carbocycles. The molecule has 0 radical (unpaired) electrons. The maximum absolute atomic E-state index is 12.8. The van der Waals surface area contributed by atoms with Crippen LogP contribution in [0.3, 0.4) is 0 Å². The molecule has 0 aromatic heterocycles. The van der Waals surface area contributed by atoms with Crippen molar-refractivity contribution in [2.24, 2.45) is 5.73 Å². The average Bonchev–Trinajstić information content (AvgIpc) is 2.44. The Kier molecular flexibility index (Phi) is 5.96. The second-order valence-corrected chi connectivity index (χ2v) is 4.87. The molecule has 0 fully saturated rings. The number of benzene rings is 1. The first kappa shape index (κ1) is 15.6. The minimum Gasteiger partial charge on any atom is -0.349 e. The molecule has 0 aliphatic heterocycles. The lowest BCUT2D eigenvalue weighted by atomic mass is 9.92. The Morgan fingerprint density at radius 3 is 2.32 bits per heavy atom. The van der Waals surface area contributed by atoms with Crippen LogP contribution in [0.2, 0.25) is 0 Å². The molecule has 0 aliphatic rings. The normalized spacial score (nSPS) is 11.4. The molecule has 0 heterocycles. The number of carbonyl (C=O) groups is 1. The lowest BCUT2D eigenvalue weighted by molar-refractivity contribution is -0.123. The largest absolute Gasteiger partial charge is 0.349 e. The van der Waals surface area contributed by atoms with Crippen molar-refractivity contribution in [1.29, 1.82) is 0 Å². The van der Waals surface area contributed by atoms with Gasteiger partial charge >= 0.3 is 0 Å². The zero-order chi connectivity index (χ0) is 14.3. The van der Waals surface area contributed by atoms with Crippen molar-refractivity contribution in [3.63, 3.8) is 0 Å². The van der Waals surface area contributed by atoms with E-state index in [1.807, 2.05) is 13.8 Å². The molecule has 4 heteroatoms. The molecule has 0 bridgehead atoms. The molecular formula is C15H23FN2O. The number of aryl methyl sites for hydroxylation is 1. The highest BCUT2D eigenvalue weighted by Gasteiger charge is 2.25. The SMILES string of the molecule is CCC(CC)(CN)NC(=O)CCc1ccc(F)cc1. The van der Waals surface area contributed by atoms with Gasteiger partial charge in [-0.3, -0.25) is 4.79 Å². The van der Waals surface area contributed by atoms with Crippen molar-refractivity contribution in [2.75, 3.05) is 6.54 Å². The molecule has 0 atom stereocenters. The molecule has 1 aromatic rings. The van der Waals surface area contributed by atoms with Crippen LogP contribution in [0.15, 0.2) is 24.3 Å². The van der Waals surface area contributed by atoms with E-state index in [2.05, 4.69) is 5.32 Å². The van der Waals surface area contributed by atoms with Gasteiger partial charge in [0.1, 0.15) is 5.82 Å². The Hall–Kier alpha value is -1.42. The Morgan fingerprint density at radius 1 is 1.26 bits per heavy atom. The van der Waals surface area contributed by atoms with Crippen molar-refractivity contribution in [1.82, 2.24) is 5.32 Å². The van der Waals surface area contributed by atoms with Gasteiger partial charge in [-0.05, 0) is 37.0 Å². The van der Waals surface area contributed by atoms with Gasteiger partial charge in [-0.2, -0.15) is 0 Å². The Labute approximate surface area is 114 Å². The van der Waals surface area contributed by atoms with Gasteiger partial charge < -0.3 is 11.1 Å². The van der Waals surface area contributed by atoms with Gasteiger partial charge in [0.15, 0.2) is 0 Å². The number of nitrogens with two attached hydrogens (primary N) is 1. The van der Waals surface area contributed by atoms with E-state index < -0.39 is 0 Å². The highest BCUT2D eigenvalue weighted by molar-refractivity contribution is 5.77. The van der Waals surface area contributed by atoms with E-state index in [9.17, 15) is 9.18 Å². The highest BCUT2D eigenvalue weighted by atomic mass is 19.1. The van der Waals surface area contributed by atoms with E-state index in [1.165, 1.54) is 12.1 Å². The van der Waals surface area contributed by atoms with Crippen LogP contribution in [-0.4, -0.2) is 18.0 Å². The molecule has 1 aromatic carbocycles. The smallest absolute Gasteiger partial charge is 0.220 e. The maximum atomic E-state index is 12.8. The Balaban J connectivity index is 2.49. The molecule has 0 saturated heterocycles. The molecule has 0 saturated carbocycles. The third-order valence-corrected chi connectivity index (χ3v) is 3.70. The van der Waals surface area contributed by atoms with Crippen LogP contribution in [0.5, 0.6) is 0 Å². The van der Waals surface area contributed by atoms with Crippen LogP contribution in [0.4, 0.5) is 4.39 Å². The number of hydrogen-bond acceptors (Lipinski definition) is 2. The summed E-state index contributed by atoms with van der Waals surface area (Å²) in [6, 6.07) is 6.24. The van der Waals surface area contributed by atoms with E-state index in [-0.39, 0.29) is 17.3 Å². The summed E-state index contributed by atoms with van der Waals surface area (Å²) in [6.45, 7) is 4.50. The first-order chi connectivity index (χ1) is 9.05. The molecular weight excluding hydrogens is 243 g/mol. The summed E-state index contributed by atoms with van der Waals surface area (Å²) in [5.74, 6) is -0.259. The summed E-state index contributed by atoms with van der Waals surface area (Å²) in [7, 11) is 0. The van der Waals surface area contributed by atoms with E-state index in [0.717, 1.165) is 18.4 Å². The molecule has 0 unspecified atom stereocenters. The standard InChI is InChI=1S/C15H23FN2O/c1-3-15(4-2,11-17)18-14(19)10-7-12-5-8-13(16)9-6-12/h5-6,8-9H,3-4,7,10-11,17H2,1-2H3,(H,18,19). The van der Waals surface area contributed by atoms with Crippen LogP contribution >= 0.6 is 0 Å². The minimum atomic E-state index is -0.292. The van der Waals surface area contributed by atoms with Crippen LogP contribution < -0.4 is 11.1 Å². The quantitative estimate of drug-likeness (QED) is 0.796. The van der Waals surface area contributed by atoms with E-state index >= 15 is 0 Å². The number of halogens is 1. The lowest BCUT2D eigenvalue weighted by Gasteiger charge is -2.31. The monoisotopic (exact) mass is 266 g/mol. The van der Waals surface area contributed by atoms with Gasteiger partial charge in [0.05, 0.1) is 5.54 Å². The number of carbonyl (C=O) groups excluding carboxylic acids is 1. The van der Waals surface area contributed by atoms with E-state index in [0.29, 0.717) is 19.4 Å². The lowest BCUT2D eigenvalue weighted by Crippen LogP contribution is -2.52. The molecule has 0 spiro atoms. The van der Waals surface area contributed by atoms with Crippen LogP contribution in [0.1, 0.15) is 38.7 Å². The molecule has 19 heavy (non-hydrogen) atoms. The zero-order valence-corrected chi connectivity index (χ0v) is 11.7. The number of rotatable bonds is 7. The second-order valence-electron chi connectivity index (χ2n) is 4.87. The van der Waals surface area contributed by atoms with Gasteiger partial charge in [0, 0.05) is 13.0 Å². The number of nitrogens with one attached hydrogen (secondary N) is 1. The summed E-state index contributed by atoms with van der Waals surface area (Å²) >= 11 is 0. The number of amides is 1. The van der Waals surface area contributed by atoms with Gasteiger partial charge in [0.25, 0.3) is 0 Å². The first-order valence-corrected chi connectivity index (χ1v) is 6.80. The fourth-order valence-electron chi connectivity index (χ4n) is 2.03.